The van der Waals surface area contributed by atoms with E-state index in [-0.39, 0.29) is 29.2 Å². The molecule has 3 rings (SSSR count). The van der Waals surface area contributed by atoms with Crippen molar-refractivity contribution in [2.75, 3.05) is 20.0 Å². The minimum Gasteiger partial charge on any atom is -0.493 e. The molecule has 1 aromatic carbocycles. The van der Waals surface area contributed by atoms with E-state index in [0.717, 1.165) is 11.3 Å². The molecule has 0 aliphatic heterocycles. The van der Waals surface area contributed by atoms with Crippen LogP contribution in [0.15, 0.2) is 34.2 Å². The number of nitrogens with one attached hydrogen (secondary N) is 2. The van der Waals surface area contributed by atoms with Crippen LogP contribution in [-0.2, 0) is 11.3 Å². The number of aryl methyl sites for hydroxylation is 1. The first-order chi connectivity index (χ1) is 15.2. The number of carbonyl (C=O) groups is 1. The standard InChI is InChI=1S/C23H30N4O4S/c1-13(2)11-27-22(29)21-17(9-14(3)24-21)26-23(27)32-12-20(28)25-15(4)16-7-8-18(30-5)19(10-16)31-6/h7-10,13,15,24H,11-12H2,1-6H3,(H,25,28). The fraction of sp³-hybridized carbons (Fsp3) is 0.435. The van der Waals surface area contributed by atoms with Gasteiger partial charge in [0.25, 0.3) is 5.56 Å². The molecule has 0 fully saturated rings. The highest BCUT2D eigenvalue weighted by molar-refractivity contribution is 7.99. The Kier molecular flexibility index (Phi) is 7.50. The van der Waals surface area contributed by atoms with Crippen LogP contribution in [0.25, 0.3) is 11.0 Å². The number of methoxy groups -OCH3 is 2. The number of benzene rings is 1. The number of nitrogens with zero attached hydrogens (tertiary/aromatic N) is 2. The first-order valence-corrected chi connectivity index (χ1v) is 11.5. The number of rotatable bonds is 9. The molecule has 2 aromatic heterocycles. The summed E-state index contributed by atoms with van der Waals surface area (Å²) in [6.45, 7) is 8.42. The van der Waals surface area contributed by atoms with Crippen LogP contribution in [0.3, 0.4) is 0 Å². The van der Waals surface area contributed by atoms with Gasteiger partial charge in [0.2, 0.25) is 5.91 Å². The van der Waals surface area contributed by atoms with E-state index < -0.39 is 0 Å². The normalized spacial score (nSPS) is 12.2. The molecule has 0 saturated heterocycles. The Labute approximate surface area is 191 Å². The van der Waals surface area contributed by atoms with Gasteiger partial charge in [-0.3, -0.25) is 14.2 Å². The van der Waals surface area contributed by atoms with Crippen LogP contribution in [0.4, 0.5) is 0 Å². The monoisotopic (exact) mass is 458 g/mol. The van der Waals surface area contributed by atoms with E-state index in [2.05, 4.69) is 15.3 Å². The molecule has 9 heteroatoms. The molecule has 0 spiro atoms. The Morgan fingerprint density at radius 3 is 2.56 bits per heavy atom. The molecule has 2 N–H and O–H groups in total. The van der Waals surface area contributed by atoms with Gasteiger partial charge in [0, 0.05) is 12.2 Å². The average molecular weight is 459 g/mol. The number of ether oxygens (including phenoxy) is 2. The van der Waals surface area contributed by atoms with Crippen LogP contribution in [0.5, 0.6) is 11.5 Å². The minimum atomic E-state index is -0.219. The van der Waals surface area contributed by atoms with Crippen LogP contribution in [0.2, 0.25) is 0 Å². The van der Waals surface area contributed by atoms with E-state index in [9.17, 15) is 9.59 Å². The highest BCUT2D eigenvalue weighted by Crippen LogP contribution is 2.30. The van der Waals surface area contributed by atoms with Gasteiger partial charge in [-0.1, -0.05) is 31.7 Å². The van der Waals surface area contributed by atoms with E-state index >= 15 is 0 Å². The lowest BCUT2D eigenvalue weighted by molar-refractivity contribution is -0.119. The highest BCUT2D eigenvalue weighted by Gasteiger charge is 2.17. The average Bonchev–Trinajstić information content (AvgIpc) is 3.14. The Hall–Kier alpha value is -2.94. The van der Waals surface area contributed by atoms with Crippen molar-refractivity contribution in [3.05, 3.63) is 45.9 Å². The first-order valence-electron chi connectivity index (χ1n) is 10.5. The van der Waals surface area contributed by atoms with Crippen molar-refractivity contribution in [3.8, 4) is 11.5 Å². The van der Waals surface area contributed by atoms with Gasteiger partial charge >= 0.3 is 0 Å². The topological polar surface area (TPSA) is 98.2 Å². The second-order valence-corrected chi connectivity index (χ2v) is 9.05. The molecule has 0 bridgehead atoms. The van der Waals surface area contributed by atoms with E-state index in [1.54, 1.807) is 18.8 Å². The van der Waals surface area contributed by atoms with Gasteiger partial charge in [-0.2, -0.15) is 0 Å². The summed E-state index contributed by atoms with van der Waals surface area (Å²) in [4.78, 5) is 33.4. The Bertz CT molecular complexity index is 1170. The summed E-state index contributed by atoms with van der Waals surface area (Å²) in [7, 11) is 3.16. The molecule has 2 heterocycles. The second kappa shape index (κ2) is 10.1. The molecule has 0 radical (unpaired) electrons. The van der Waals surface area contributed by atoms with Crippen LogP contribution in [-0.4, -0.2) is 40.4 Å². The summed E-state index contributed by atoms with van der Waals surface area (Å²) in [5, 5.41) is 3.54. The summed E-state index contributed by atoms with van der Waals surface area (Å²) in [6.07, 6.45) is 0. The molecular formula is C23H30N4O4S. The Morgan fingerprint density at radius 1 is 1.19 bits per heavy atom. The zero-order valence-electron chi connectivity index (χ0n) is 19.3. The lowest BCUT2D eigenvalue weighted by Crippen LogP contribution is -2.29. The minimum absolute atomic E-state index is 0.113. The van der Waals surface area contributed by atoms with Crippen molar-refractivity contribution in [2.24, 2.45) is 5.92 Å². The zero-order valence-corrected chi connectivity index (χ0v) is 20.1. The Balaban J connectivity index is 1.74. The molecule has 0 aliphatic carbocycles. The Morgan fingerprint density at radius 2 is 1.91 bits per heavy atom. The maximum Gasteiger partial charge on any atom is 0.278 e. The van der Waals surface area contributed by atoms with Crippen molar-refractivity contribution in [1.29, 1.82) is 0 Å². The van der Waals surface area contributed by atoms with Crippen LogP contribution >= 0.6 is 11.8 Å². The molecule has 0 aliphatic rings. The fourth-order valence-corrected chi connectivity index (χ4v) is 4.29. The second-order valence-electron chi connectivity index (χ2n) is 8.11. The third-order valence-electron chi connectivity index (χ3n) is 5.00. The smallest absolute Gasteiger partial charge is 0.278 e. The van der Waals surface area contributed by atoms with Crippen LogP contribution < -0.4 is 20.3 Å². The van der Waals surface area contributed by atoms with E-state index in [1.807, 2.05) is 52.0 Å². The summed E-state index contributed by atoms with van der Waals surface area (Å²) >= 11 is 1.27. The fourth-order valence-electron chi connectivity index (χ4n) is 3.47. The van der Waals surface area contributed by atoms with Crippen molar-refractivity contribution in [1.82, 2.24) is 19.9 Å². The lowest BCUT2D eigenvalue weighted by atomic mass is 10.1. The van der Waals surface area contributed by atoms with Gasteiger partial charge in [0.15, 0.2) is 16.7 Å². The van der Waals surface area contributed by atoms with Crippen molar-refractivity contribution < 1.29 is 14.3 Å². The number of amides is 1. The van der Waals surface area contributed by atoms with Gasteiger partial charge in [0.1, 0.15) is 5.52 Å². The number of aromatic nitrogens is 3. The van der Waals surface area contributed by atoms with Crippen molar-refractivity contribution in [2.45, 2.75) is 45.4 Å². The number of hydrogen-bond donors (Lipinski definition) is 2. The van der Waals surface area contributed by atoms with Gasteiger partial charge < -0.3 is 19.8 Å². The third-order valence-corrected chi connectivity index (χ3v) is 5.98. The maximum atomic E-state index is 13.0. The quantitative estimate of drug-likeness (QED) is 0.375. The van der Waals surface area contributed by atoms with Crippen LogP contribution in [0, 0.1) is 12.8 Å². The molecule has 3 aromatic rings. The van der Waals surface area contributed by atoms with Crippen molar-refractivity contribution in [3.63, 3.8) is 0 Å². The predicted octanol–water partition coefficient (Wildman–Crippen LogP) is 3.68. The molecular weight excluding hydrogens is 428 g/mol. The number of hydrogen-bond acceptors (Lipinski definition) is 6. The van der Waals surface area contributed by atoms with Crippen molar-refractivity contribution >= 4 is 28.7 Å². The van der Waals surface area contributed by atoms with Gasteiger partial charge in [0.05, 0.1) is 31.5 Å². The lowest BCUT2D eigenvalue weighted by Gasteiger charge is -2.17. The number of carbonyl (C=O) groups excluding carboxylic acids is 1. The highest BCUT2D eigenvalue weighted by atomic mass is 32.2. The predicted molar refractivity (Wildman–Crippen MR) is 127 cm³/mol. The number of thioether (sulfide) groups is 1. The molecule has 8 nitrogen and oxygen atoms in total. The first kappa shape index (κ1) is 23.7. The maximum absolute atomic E-state index is 13.0. The van der Waals surface area contributed by atoms with Gasteiger partial charge in [-0.15, -0.1) is 0 Å². The summed E-state index contributed by atoms with van der Waals surface area (Å²) < 4.78 is 12.3. The SMILES string of the molecule is COc1ccc(C(C)NC(=O)CSc2nc3cc(C)[nH]c3c(=O)n2CC(C)C)cc1OC. The summed E-state index contributed by atoms with van der Waals surface area (Å²) in [5.41, 5.74) is 2.79. The third kappa shape index (κ3) is 5.27. The van der Waals surface area contributed by atoms with E-state index in [0.29, 0.717) is 34.2 Å². The molecule has 1 amide bonds. The molecule has 0 saturated carbocycles. The van der Waals surface area contributed by atoms with E-state index in [4.69, 9.17) is 9.47 Å². The summed E-state index contributed by atoms with van der Waals surface area (Å²) in [5.74, 6) is 1.51. The largest absolute Gasteiger partial charge is 0.493 e. The van der Waals surface area contributed by atoms with E-state index in [1.165, 1.54) is 11.8 Å². The molecule has 172 valence electrons. The molecule has 32 heavy (non-hydrogen) atoms. The number of fused-ring (bicyclic) bond motifs is 1. The molecule has 1 atom stereocenters. The number of aromatic amines is 1. The number of H-pyrrole nitrogens is 1. The zero-order chi connectivity index (χ0) is 23.4. The summed E-state index contributed by atoms with van der Waals surface area (Å²) in [6, 6.07) is 7.18. The molecule has 1 unspecified atom stereocenters. The van der Waals surface area contributed by atoms with Gasteiger partial charge in [-0.05, 0) is 43.5 Å². The van der Waals surface area contributed by atoms with Crippen LogP contribution in [0.1, 0.15) is 38.1 Å². The van der Waals surface area contributed by atoms with Gasteiger partial charge in [-0.25, -0.2) is 4.98 Å².